The van der Waals surface area contributed by atoms with Gasteiger partial charge in [0.2, 0.25) is 0 Å². The highest BCUT2D eigenvalue weighted by atomic mass is 32.2. The average molecular weight is 442 g/mol. The molecule has 6 nitrogen and oxygen atoms in total. The molecule has 0 saturated carbocycles. The van der Waals surface area contributed by atoms with Crippen molar-refractivity contribution >= 4 is 27.6 Å². The van der Waals surface area contributed by atoms with Crippen LogP contribution in [0.2, 0.25) is 0 Å². The summed E-state index contributed by atoms with van der Waals surface area (Å²) in [5.41, 5.74) is 2.63. The number of hydrogen-bond acceptors (Lipinski definition) is 3. The minimum atomic E-state index is -3.94. The number of carbonyl (C=O) groups excluding carboxylic acids is 1. The highest BCUT2D eigenvalue weighted by Crippen LogP contribution is 2.25. The van der Waals surface area contributed by atoms with Crippen molar-refractivity contribution in [3.63, 3.8) is 0 Å². The first-order chi connectivity index (χ1) is 14.8. The number of rotatable bonds is 8. The van der Waals surface area contributed by atoms with E-state index in [9.17, 15) is 13.2 Å². The van der Waals surface area contributed by atoms with E-state index in [2.05, 4.69) is 16.6 Å². The van der Waals surface area contributed by atoms with Gasteiger partial charge in [0.25, 0.3) is 10.0 Å². The van der Waals surface area contributed by atoms with Gasteiger partial charge in [0.1, 0.15) is 5.84 Å². The third-order valence-electron chi connectivity index (χ3n) is 5.46. The van der Waals surface area contributed by atoms with Crippen LogP contribution in [0, 0.1) is 13.8 Å². The van der Waals surface area contributed by atoms with Crippen molar-refractivity contribution in [2.75, 3.05) is 4.90 Å². The molecule has 1 aliphatic heterocycles. The Balaban J connectivity index is 1.94. The van der Waals surface area contributed by atoms with Gasteiger partial charge in [-0.2, -0.15) is 8.42 Å². The summed E-state index contributed by atoms with van der Waals surface area (Å²) < 4.78 is 30.2. The first kappa shape index (κ1) is 23.0. The van der Waals surface area contributed by atoms with Crippen molar-refractivity contribution in [3.8, 4) is 0 Å². The predicted molar refractivity (Wildman–Crippen MR) is 125 cm³/mol. The maximum Gasteiger partial charge on any atom is 0.327 e. The summed E-state index contributed by atoms with van der Waals surface area (Å²) in [6, 6.07) is 13.5. The minimum Gasteiger partial charge on any atom is -0.334 e. The van der Waals surface area contributed by atoms with Gasteiger partial charge < -0.3 is 5.32 Å². The molecule has 0 aliphatic carbocycles. The number of urea groups is 1. The van der Waals surface area contributed by atoms with Gasteiger partial charge in [0, 0.05) is 12.5 Å². The Labute approximate surface area is 185 Å². The van der Waals surface area contributed by atoms with E-state index >= 15 is 0 Å². The molecule has 1 heterocycles. The standard InChI is InChI=1S/C24H31N3O3S/c1-4-5-6-7-8-20-17-23(26-31(29,30)22-15-11-19(3)12-16-22)27(24(28)25-20)21-13-9-18(2)10-14-21/h9-16,20H,4-8,17H2,1-3H3,(H,25,28). The number of carbonyl (C=O) groups is 1. The zero-order chi connectivity index (χ0) is 22.4. The lowest BCUT2D eigenvalue weighted by molar-refractivity contribution is 0.242. The molecule has 1 aliphatic rings. The summed E-state index contributed by atoms with van der Waals surface area (Å²) >= 11 is 0. The molecule has 166 valence electrons. The van der Waals surface area contributed by atoms with Gasteiger partial charge in [-0.05, 0) is 44.5 Å². The fraction of sp³-hybridized carbons (Fsp3) is 0.417. The largest absolute Gasteiger partial charge is 0.334 e. The monoisotopic (exact) mass is 441 g/mol. The van der Waals surface area contributed by atoms with Gasteiger partial charge in [-0.25, -0.2) is 9.69 Å². The molecule has 1 N–H and O–H groups in total. The maximum atomic E-state index is 13.0. The van der Waals surface area contributed by atoms with Gasteiger partial charge >= 0.3 is 6.03 Å². The van der Waals surface area contributed by atoms with Crippen LogP contribution in [-0.2, 0) is 10.0 Å². The van der Waals surface area contributed by atoms with Crippen molar-refractivity contribution in [2.45, 2.75) is 70.2 Å². The number of unbranched alkanes of at least 4 members (excludes halogenated alkanes) is 3. The highest BCUT2D eigenvalue weighted by molar-refractivity contribution is 7.90. The molecule has 7 heteroatoms. The second-order valence-electron chi connectivity index (χ2n) is 8.17. The van der Waals surface area contributed by atoms with E-state index < -0.39 is 10.0 Å². The Bertz CT molecular complexity index is 1030. The number of hydrogen-bond donors (Lipinski definition) is 1. The average Bonchev–Trinajstić information content (AvgIpc) is 2.72. The van der Waals surface area contributed by atoms with Crippen molar-refractivity contribution in [1.82, 2.24) is 5.32 Å². The zero-order valence-corrected chi connectivity index (χ0v) is 19.3. The van der Waals surface area contributed by atoms with Crippen LogP contribution in [0.25, 0.3) is 0 Å². The van der Waals surface area contributed by atoms with Gasteiger partial charge in [-0.3, -0.25) is 0 Å². The number of nitrogens with zero attached hydrogens (tertiary/aromatic N) is 2. The number of anilines is 1. The normalized spacial score (nSPS) is 18.3. The van der Waals surface area contributed by atoms with E-state index in [1.54, 1.807) is 24.3 Å². The van der Waals surface area contributed by atoms with E-state index in [0.717, 1.165) is 43.2 Å². The fourth-order valence-electron chi connectivity index (χ4n) is 3.65. The summed E-state index contributed by atoms with van der Waals surface area (Å²) in [6.45, 7) is 6.02. The molecule has 2 aromatic rings. The van der Waals surface area contributed by atoms with E-state index in [-0.39, 0.29) is 22.8 Å². The van der Waals surface area contributed by atoms with Gasteiger partial charge in [0.15, 0.2) is 0 Å². The molecule has 0 spiro atoms. The molecule has 1 fully saturated rings. The summed E-state index contributed by atoms with van der Waals surface area (Å²) in [5, 5.41) is 3.03. The third kappa shape index (κ3) is 5.94. The number of amides is 2. The number of aryl methyl sites for hydroxylation is 2. The summed E-state index contributed by atoms with van der Waals surface area (Å²) in [5.74, 6) is 0.258. The molecule has 2 aromatic carbocycles. The lowest BCUT2D eigenvalue weighted by atomic mass is 10.0. The Kier molecular flexibility index (Phi) is 7.49. The number of amidine groups is 1. The molecule has 1 saturated heterocycles. The van der Waals surface area contributed by atoms with Crippen molar-refractivity contribution < 1.29 is 13.2 Å². The lowest BCUT2D eigenvalue weighted by Gasteiger charge is -2.34. The Morgan fingerprint density at radius 3 is 2.19 bits per heavy atom. The number of sulfonamides is 1. The smallest absolute Gasteiger partial charge is 0.327 e. The topological polar surface area (TPSA) is 78.8 Å². The molecule has 1 unspecified atom stereocenters. The highest BCUT2D eigenvalue weighted by Gasteiger charge is 2.33. The van der Waals surface area contributed by atoms with Crippen LogP contribution in [0.5, 0.6) is 0 Å². The van der Waals surface area contributed by atoms with Crippen molar-refractivity contribution in [2.24, 2.45) is 4.40 Å². The minimum absolute atomic E-state index is 0.125. The predicted octanol–water partition coefficient (Wildman–Crippen LogP) is 5.35. The van der Waals surface area contributed by atoms with Crippen LogP contribution in [0.4, 0.5) is 10.5 Å². The fourth-order valence-corrected chi connectivity index (χ4v) is 4.67. The second-order valence-corrected chi connectivity index (χ2v) is 9.77. The maximum absolute atomic E-state index is 13.0. The molecule has 1 atom stereocenters. The molecule has 2 amide bonds. The summed E-state index contributed by atoms with van der Waals surface area (Å²) in [6.07, 6.45) is 5.55. The van der Waals surface area contributed by atoms with E-state index in [4.69, 9.17) is 0 Å². The first-order valence-corrected chi connectivity index (χ1v) is 12.3. The summed E-state index contributed by atoms with van der Waals surface area (Å²) in [4.78, 5) is 14.5. The molecule has 0 aromatic heterocycles. The van der Waals surface area contributed by atoms with Crippen LogP contribution in [0.3, 0.4) is 0 Å². The van der Waals surface area contributed by atoms with Gasteiger partial charge in [0.05, 0.1) is 10.6 Å². The molecule has 0 radical (unpaired) electrons. The van der Waals surface area contributed by atoms with Gasteiger partial charge in [-0.15, -0.1) is 4.40 Å². The molecule has 31 heavy (non-hydrogen) atoms. The van der Waals surface area contributed by atoms with E-state index in [0.29, 0.717) is 12.1 Å². The van der Waals surface area contributed by atoms with Gasteiger partial charge in [-0.1, -0.05) is 68.0 Å². The van der Waals surface area contributed by atoms with E-state index in [1.165, 1.54) is 4.90 Å². The molecule has 3 rings (SSSR count). The Morgan fingerprint density at radius 1 is 0.968 bits per heavy atom. The van der Waals surface area contributed by atoms with Crippen LogP contribution in [0.15, 0.2) is 57.8 Å². The zero-order valence-electron chi connectivity index (χ0n) is 18.5. The quantitative estimate of drug-likeness (QED) is 0.561. The third-order valence-corrected chi connectivity index (χ3v) is 6.78. The van der Waals surface area contributed by atoms with Crippen LogP contribution < -0.4 is 10.2 Å². The van der Waals surface area contributed by atoms with Crippen LogP contribution in [-0.4, -0.2) is 26.3 Å². The Morgan fingerprint density at radius 2 is 1.58 bits per heavy atom. The molecule has 0 bridgehead atoms. The Hall–Kier alpha value is -2.67. The van der Waals surface area contributed by atoms with Crippen molar-refractivity contribution in [1.29, 1.82) is 0 Å². The van der Waals surface area contributed by atoms with Crippen LogP contribution in [0.1, 0.15) is 56.6 Å². The molecular formula is C24H31N3O3S. The number of benzene rings is 2. The first-order valence-electron chi connectivity index (χ1n) is 10.9. The molecular weight excluding hydrogens is 410 g/mol. The van der Waals surface area contributed by atoms with Crippen LogP contribution >= 0.6 is 0 Å². The number of nitrogens with one attached hydrogen (secondary N) is 1. The van der Waals surface area contributed by atoms with E-state index in [1.807, 2.05) is 38.1 Å². The SMILES string of the molecule is CCCCCCC1CC(=NS(=O)(=O)c2ccc(C)cc2)N(c2ccc(C)cc2)C(=O)N1. The summed E-state index contributed by atoms with van der Waals surface area (Å²) in [7, 11) is -3.94. The second kappa shape index (κ2) is 10.1. The lowest BCUT2D eigenvalue weighted by Crippen LogP contribution is -2.55. The van der Waals surface area contributed by atoms with Crippen molar-refractivity contribution in [3.05, 3.63) is 59.7 Å².